The first kappa shape index (κ1) is 13.1. The second kappa shape index (κ2) is 4.90. The van der Waals surface area contributed by atoms with Crippen LogP contribution in [-0.4, -0.2) is 11.1 Å². The Labute approximate surface area is 101 Å². The molecular formula is C11H13IO4. The summed E-state index contributed by atoms with van der Waals surface area (Å²) in [5, 5.41) is 8.79. The van der Waals surface area contributed by atoms with Crippen LogP contribution in [0.25, 0.3) is 0 Å². The van der Waals surface area contributed by atoms with Gasteiger partial charge in [-0.15, -0.1) is 0 Å². The second-order valence-electron chi connectivity index (χ2n) is 3.72. The molecule has 0 aliphatic rings. The van der Waals surface area contributed by atoms with E-state index in [0.717, 1.165) is 11.1 Å². The zero-order valence-corrected chi connectivity index (χ0v) is 11.5. The van der Waals surface area contributed by atoms with Crippen molar-refractivity contribution in [1.29, 1.82) is 0 Å². The SMILES string of the molecule is Cc1cc(C)c(I(=O)=O)c(CC(=O)O)c1C. The molecule has 0 atom stereocenters. The molecule has 16 heavy (non-hydrogen) atoms. The fraction of sp³-hybridized carbons (Fsp3) is 0.364. The van der Waals surface area contributed by atoms with Crippen molar-refractivity contribution in [1.82, 2.24) is 0 Å². The molecule has 0 saturated heterocycles. The first-order valence-corrected chi connectivity index (χ1v) is 7.55. The van der Waals surface area contributed by atoms with Crippen molar-refractivity contribution in [3.63, 3.8) is 0 Å². The van der Waals surface area contributed by atoms with Crippen LogP contribution >= 0.6 is 19.8 Å². The predicted octanol–water partition coefficient (Wildman–Crippen LogP) is 2.61. The van der Waals surface area contributed by atoms with Crippen molar-refractivity contribution in [2.75, 3.05) is 0 Å². The number of halogens is 1. The van der Waals surface area contributed by atoms with Crippen LogP contribution in [0.3, 0.4) is 0 Å². The Morgan fingerprint density at radius 3 is 2.25 bits per heavy atom. The zero-order chi connectivity index (χ0) is 12.5. The van der Waals surface area contributed by atoms with E-state index in [0.29, 0.717) is 11.1 Å². The summed E-state index contributed by atoms with van der Waals surface area (Å²) in [5.41, 5.74) is 2.78. The molecule has 0 aromatic heterocycles. The van der Waals surface area contributed by atoms with E-state index < -0.39 is 25.8 Å². The van der Waals surface area contributed by atoms with E-state index in [1.807, 2.05) is 6.92 Å². The lowest BCUT2D eigenvalue weighted by atomic mass is 9.98. The molecule has 5 heteroatoms. The topological polar surface area (TPSA) is 71.4 Å². The van der Waals surface area contributed by atoms with Gasteiger partial charge in [0.05, 0.1) is 9.99 Å². The second-order valence-corrected chi connectivity index (χ2v) is 6.03. The number of hydrogen-bond donors (Lipinski definition) is 1. The molecular weight excluding hydrogens is 323 g/mol. The fourth-order valence-electron chi connectivity index (χ4n) is 1.71. The average molecular weight is 336 g/mol. The highest BCUT2D eigenvalue weighted by atomic mass is 127. The number of carbonyl (C=O) groups is 1. The third-order valence-electron chi connectivity index (χ3n) is 2.57. The molecule has 0 saturated carbocycles. The molecule has 1 N–H and O–H groups in total. The molecule has 0 amide bonds. The summed E-state index contributed by atoms with van der Waals surface area (Å²) in [5.74, 6) is -1.01. The molecule has 0 bridgehead atoms. The van der Waals surface area contributed by atoms with Crippen LogP contribution in [0.4, 0.5) is 0 Å². The van der Waals surface area contributed by atoms with Gasteiger partial charge in [0.25, 0.3) is 0 Å². The molecule has 0 aliphatic carbocycles. The van der Waals surface area contributed by atoms with E-state index in [-0.39, 0.29) is 9.99 Å². The van der Waals surface area contributed by atoms with Crippen LogP contribution in [0.1, 0.15) is 22.3 Å². The van der Waals surface area contributed by atoms with E-state index in [4.69, 9.17) is 5.11 Å². The average Bonchev–Trinajstić information content (AvgIpc) is 2.12. The summed E-state index contributed by atoms with van der Waals surface area (Å²) in [6.07, 6.45) is -0.234. The Kier molecular flexibility index (Phi) is 4.01. The molecule has 1 aromatic carbocycles. The van der Waals surface area contributed by atoms with E-state index in [2.05, 4.69) is 0 Å². The van der Waals surface area contributed by atoms with Crippen LogP contribution < -0.4 is 0 Å². The van der Waals surface area contributed by atoms with Crippen molar-refractivity contribution in [2.45, 2.75) is 27.2 Å². The third-order valence-corrected chi connectivity index (χ3v) is 4.95. The number of carboxylic acids is 1. The Morgan fingerprint density at radius 2 is 1.81 bits per heavy atom. The molecule has 0 spiro atoms. The Hall–Kier alpha value is -0.980. The maximum absolute atomic E-state index is 11.2. The number of hydrogen-bond acceptors (Lipinski definition) is 3. The number of benzene rings is 1. The molecule has 0 unspecified atom stereocenters. The Balaban J connectivity index is 3.57. The molecule has 0 aliphatic heterocycles. The van der Waals surface area contributed by atoms with Gasteiger partial charge in [-0.1, -0.05) is 6.07 Å². The van der Waals surface area contributed by atoms with Crippen molar-refractivity contribution < 1.29 is 16.0 Å². The maximum Gasteiger partial charge on any atom is 0.341 e. The molecule has 88 valence electrons. The summed E-state index contributed by atoms with van der Waals surface area (Å²) in [7, 11) is 0. The summed E-state index contributed by atoms with van der Waals surface area (Å²) >= 11 is -3.65. The number of rotatable bonds is 3. The summed E-state index contributed by atoms with van der Waals surface area (Å²) in [6.45, 7) is 5.31. The van der Waals surface area contributed by atoms with E-state index in [1.165, 1.54) is 0 Å². The molecule has 0 radical (unpaired) electrons. The minimum absolute atomic E-state index is 0.234. The van der Waals surface area contributed by atoms with Crippen molar-refractivity contribution >= 4 is 25.8 Å². The van der Waals surface area contributed by atoms with Crippen LogP contribution in [0, 0.1) is 24.3 Å². The van der Waals surface area contributed by atoms with Crippen molar-refractivity contribution in [3.05, 3.63) is 31.9 Å². The summed E-state index contributed by atoms with van der Waals surface area (Å²) in [6, 6.07) is 1.79. The van der Waals surface area contributed by atoms with Crippen LogP contribution in [0.2, 0.25) is 0 Å². The van der Waals surface area contributed by atoms with Gasteiger partial charge in [-0.25, -0.2) is 6.14 Å². The molecule has 1 rings (SSSR count). The lowest BCUT2D eigenvalue weighted by Crippen LogP contribution is -2.07. The fourth-order valence-corrected chi connectivity index (χ4v) is 3.69. The highest BCUT2D eigenvalue weighted by molar-refractivity contribution is 14.2. The smallest absolute Gasteiger partial charge is 0.341 e. The van der Waals surface area contributed by atoms with E-state index >= 15 is 0 Å². The minimum Gasteiger partial charge on any atom is -0.481 e. The van der Waals surface area contributed by atoms with Gasteiger partial charge in [-0.3, -0.25) is 4.79 Å². The molecule has 0 fully saturated rings. The lowest BCUT2D eigenvalue weighted by molar-refractivity contribution is -0.136. The first-order valence-electron chi connectivity index (χ1n) is 4.71. The van der Waals surface area contributed by atoms with Crippen LogP contribution in [0.15, 0.2) is 6.07 Å². The first-order chi connectivity index (χ1) is 7.34. The van der Waals surface area contributed by atoms with Gasteiger partial charge in [0, 0.05) is 0 Å². The van der Waals surface area contributed by atoms with E-state index in [9.17, 15) is 10.9 Å². The van der Waals surface area contributed by atoms with Crippen LogP contribution in [-0.2, 0) is 17.4 Å². The van der Waals surface area contributed by atoms with E-state index in [1.54, 1.807) is 19.9 Å². The standard InChI is InChI=1S/C11H13IO4/c1-6-4-7(2)11(12(15)16)9(8(6)3)5-10(13)14/h4H,5H2,1-3H3,(H,13,14). The van der Waals surface area contributed by atoms with Gasteiger partial charge in [-0.2, -0.15) is 0 Å². The minimum atomic E-state index is -3.65. The quantitative estimate of drug-likeness (QED) is 0.862. The molecule has 0 heterocycles. The summed E-state index contributed by atoms with van der Waals surface area (Å²) < 4.78 is 22.7. The predicted molar refractivity (Wildman–Crippen MR) is 66.1 cm³/mol. The normalized spacial score (nSPS) is 10.8. The largest absolute Gasteiger partial charge is 0.481 e. The number of aryl methyl sites for hydroxylation is 2. The zero-order valence-electron chi connectivity index (χ0n) is 9.33. The highest BCUT2D eigenvalue weighted by Gasteiger charge is 2.17. The van der Waals surface area contributed by atoms with Gasteiger partial charge >= 0.3 is 25.8 Å². The number of aliphatic carboxylic acids is 1. The van der Waals surface area contributed by atoms with Crippen molar-refractivity contribution in [2.24, 2.45) is 0 Å². The van der Waals surface area contributed by atoms with Crippen LogP contribution in [0.5, 0.6) is 0 Å². The maximum atomic E-state index is 11.2. The number of carboxylic acid groups (broad SMARTS) is 1. The van der Waals surface area contributed by atoms with Gasteiger partial charge < -0.3 is 5.11 Å². The molecule has 1 aromatic rings. The van der Waals surface area contributed by atoms with Gasteiger partial charge in [-0.05, 0) is 43.0 Å². The Morgan fingerprint density at radius 1 is 1.25 bits per heavy atom. The van der Waals surface area contributed by atoms with Gasteiger partial charge in [0.2, 0.25) is 0 Å². The highest BCUT2D eigenvalue weighted by Crippen LogP contribution is 2.30. The summed E-state index contributed by atoms with van der Waals surface area (Å²) in [4.78, 5) is 10.7. The molecule has 4 nitrogen and oxygen atoms in total. The van der Waals surface area contributed by atoms with Gasteiger partial charge in [0.15, 0.2) is 0 Å². The monoisotopic (exact) mass is 336 g/mol. The van der Waals surface area contributed by atoms with Crippen molar-refractivity contribution in [3.8, 4) is 0 Å². The third kappa shape index (κ3) is 2.58. The van der Waals surface area contributed by atoms with Gasteiger partial charge in [0.1, 0.15) is 0 Å². The Bertz CT molecular complexity index is 507. The lowest BCUT2D eigenvalue weighted by Gasteiger charge is -2.11.